The molecule has 6 unspecified atom stereocenters. The number of halogens is 1. The first kappa shape index (κ1) is 13.2. The molecule has 6 atom stereocenters. The molecule has 0 aliphatic heterocycles. The summed E-state index contributed by atoms with van der Waals surface area (Å²) in [5, 5.41) is 0.138. The standard InChI is InChI=1S/C15H25ClO2/c1-14(2)9-5-6-15(14,3)12(7-9)18-11-8-10(16)13(11)17-4/h9-13H,5-8H2,1-4H3. The van der Waals surface area contributed by atoms with Gasteiger partial charge in [0.2, 0.25) is 0 Å². The zero-order valence-electron chi connectivity index (χ0n) is 11.9. The van der Waals surface area contributed by atoms with Crippen molar-refractivity contribution >= 4 is 11.6 Å². The SMILES string of the molecule is COC1C(Cl)CC1OC1CC2CCC1(C)C2(C)C. The van der Waals surface area contributed by atoms with Crippen LogP contribution in [-0.2, 0) is 9.47 Å². The van der Waals surface area contributed by atoms with Gasteiger partial charge in [-0.1, -0.05) is 20.8 Å². The van der Waals surface area contributed by atoms with Crippen molar-refractivity contribution in [1.29, 1.82) is 0 Å². The number of ether oxygens (including phenoxy) is 2. The fourth-order valence-corrected chi connectivity index (χ4v) is 4.95. The van der Waals surface area contributed by atoms with Crippen molar-refractivity contribution in [1.82, 2.24) is 0 Å². The second-order valence-corrected chi connectivity index (χ2v) is 7.79. The molecule has 3 heteroatoms. The van der Waals surface area contributed by atoms with E-state index < -0.39 is 0 Å². The Hall–Kier alpha value is 0.210. The fraction of sp³-hybridized carbons (Fsp3) is 1.00. The number of hydrogen-bond acceptors (Lipinski definition) is 2. The Morgan fingerprint density at radius 1 is 1.17 bits per heavy atom. The van der Waals surface area contributed by atoms with Gasteiger partial charge >= 0.3 is 0 Å². The molecule has 0 saturated heterocycles. The predicted octanol–water partition coefficient (Wildman–Crippen LogP) is 3.61. The number of fused-ring (bicyclic) bond motifs is 2. The van der Waals surface area contributed by atoms with Crippen LogP contribution in [0.3, 0.4) is 0 Å². The molecule has 3 rings (SSSR count). The van der Waals surface area contributed by atoms with Crippen LogP contribution in [0.5, 0.6) is 0 Å². The van der Waals surface area contributed by atoms with Crippen LogP contribution in [0, 0.1) is 16.7 Å². The maximum Gasteiger partial charge on any atom is 0.0997 e. The highest BCUT2D eigenvalue weighted by atomic mass is 35.5. The summed E-state index contributed by atoms with van der Waals surface area (Å²) in [7, 11) is 1.74. The van der Waals surface area contributed by atoms with Crippen molar-refractivity contribution in [2.45, 2.75) is 70.1 Å². The lowest BCUT2D eigenvalue weighted by molar-refractivity contribution is -0.167. The third-order valence-electron chi connectivity index (χ3n) is 6.51. The van der Waals surface area contributed by atoms with Gasteiger partial charge in [-0.2, -0.15) is 0 Å². The zero-order valence-corrected chi connectivity index (χ0v) is 12.7. The Labute approximate surface area is 115 Å². The summed E-state index contributed by atoms with van der Waals surface area (Å²) in [5.41, 5.74) is 0.762. The highest BCUT2D eigenvalue weighted by Gasteiger charge is 2.62. The van der Waals surface area contributed by atoms with Gasteiger partial charge in [0.05, 0.1) is 23.7 Å². The van der Waals surface area contributed by atoms with Crippen molar-refractivity contribution in [3.05, 3.63) is 0 Å². The molecule has 3 aliphatic carbocycles. The maximum atomic E-state index is 6.38. The monoisotopic (exact) mass is 272 g/mol. The molecule has 104 valence electrons. The minimum absolute atomic E-state index is 0.0949. The number of rotatable bonds is 3. The van der Waals surface area contributed by atoms with E-state index in [2.05, 4.69) is 20.8 Å². The Balaban J connectivity index is 1.69. The zero-order chi connectivity index (χ0) is 13.1. The Bertz CT molecular complexity index is 343. The van der Waals surface area contributed by atoms with Crippen molar-refractivity contribution in [2.75, 3.05) is 7.11 Å². The molecule has 0 radical (unpaired) electrons. The maximum absolute atomic E-state index is 6.38. The summed E-state index contributed by atoms with van der Waals surface area (Å²) >= 11 is 6.16. The molecular formula is C15H25ClO2. The van der Waals surface area contributed by atoms with Gasteiger partial charge in [0.1, 0.15) is 0 Å². The molecule has 3 aliphatic rings. The third-order valence-corrected chi connectivity index (χ3v) is 6.93. The predicted molar refractivity (Wildman–Crippen MR) is 72.9 cm³/mol. The van der Waals surface area contributed by atoms with E-state index in [9.17, 15) is 0 Å². The van der Waals surface area contributed by atoms with Crippen LogP contribution in [0.25, 0.3) is 0 Å². The van der Waals surface area contributed by atoms with Crippen molar-refractivity contribution < 1.29 is 9.47 Å². The molecule has 0 aromatic carbocycles. The van der Waals surface area contributed by atoms with Crippen LogP contribution in [0.2, 0.25) is 0 Å². The third kappa shape index (κ3) is 1.55. The Kier molecular flexibility index (Phi) is 3.01. The highest BCUT2D eigenvalue weighted by molar-refractivity contribution is 6.21. The molecule has 18 heavy (non-hydrogen) atoms. The Morgan fingerprint density at radius 3 is 2.33 bits per heavy atom. The minimum Gasteiger partial charge on any atom is -0.377 e. The summed E-state index contributed by atoms with van der Waals surface area (Å²) in [5.74, 6) is 0.834. The minimum atomic E-state index is 0.0949. The summed E-state index contributed by atoms with van der Waals surface area (Å²) in [6, 6.07) is 0. The molecule has 0 aromatic heterocycles. The summed E-state index contributed by atoms with van der Waals surface area (Å²) < 4.78 is 11.8. The van der Waals surface area contributed by atoms with Gasteiger partial charge in [-0.25, -0.2) is 0 Å². The van der Waals surface area contributed by atoms with Gasteiger partial charge in [0.15, 0.2) is 0 Å². The lowest BCUT2D eigenvalue weighted by atomic mass is 9.70. The second kappa shape index (κ2) is 4.10. The number of hydrogen-bond donors (Lipinski definition) is 0. The summed E-state index contributed by atoms with van der Waals surface area (Å²) in [6.45, 7) is 7.27. The van der Waals surface area contributed by atoms with Gasteiger partial charge in [-0.05, 0) is 42.4 Å². The molecule has 2 bridgehead atoms. The van der Waals surface area contributed by atoms with Crippen LogP contribution in [-0.4, -0.2) is 30.8 Å². The van der Waals surface area contributed by atoms with Gasteiger partial charge in [0.25, 0.3) is 0 Å². The average molecular weight is 273 g/mol. The van der Waals surface area contributed by atoms with Gasteiger partial charge in [-0.15, -0.1) is 11.6 Å². The van der Waals surface area contributed by atoms with E-state index in [1.807, 2.05) is 0 Å². The van der Waals surface area contributed by atoms with Gasteiger partial charge < -0.3 is 9.47 Å². The van der Waals surface area contributed by atoms with Gasteiger partial charge in [-0.3, -0.25) is 0 Å². The van der Waals surface area contributed by atoms with E-state index in [1.54, 1.807) is 7.11 Å². The average Bonchev–Trinajstić information content (AvgIpc) is 2.61. The van der Waals surface area contributed by atoms with E-state index in [-0.39, 0.29) is 17.6 Å². The summed E-state index contributed by atoms with van der Waals surface area (Å²) in [6.07, 6.45) is 5.57. The molecule has 3 saturated carbocycles. The molecule has 0 heterocycles. The normalized spacial score (nSPS) is 53.5. The molecule has 0 amide bonds. The highest BCUT2D eigenvalue weighted by Crippen LogP contribution is 2.66. The van der Waals surface area contributed by atoms with Crippen molar-refractivity contribution in [3.63, 3.8) is 0 Å². The largest absolute Gasteiger partial charge is 0.377 e. The van der Waals surface area contributed by atoms with Crippen LogP contribution in [0.4, 0.5) is 0 Å². The van der Waals surface area contributed by atoms with E-state index in [1.165, 1.54) is 19.3 Å². The quantitative estimate of drug-likeness (QED) is 0.731. The van der Waals surface area contributed by atoms with E-state index in [0.29, 0.717) is 16.9 Å². The lowest BCUT2D eigenvalue weighted by Gasteiger charge is -2.46. The van der Waals surface area contributed by atoms with E-state index in [0.717, 1.165) is 12.3 Å². The number of methoxy groups -OCH3 is 1. The molecule has 0 N–H and O–H groups in total. The first-order valence-electron chi connectivity index (χ1n) is 7.22. The molecule has 3 fully saturated rings. The van der Waals surface area contributed by atoms with Crippen molar-refractivity contribution in [2.24, 2.45) is 16.7 Å². The smallest absolute Gasteiger partial charge is 0.0997 e. The second-order valence-electron chi connectivity index (χ2n) is 7.23. The van der Waals surface area contributed by atoms with Gasteiger partial charge in [0, 0.05) is 7.11 Å². The van der Waals surface area contributed by atoms with Crippen LogP contribution in [0.1, 0.15) is 46.5 Å². The van der Waals surface area contributed by atoms with Crippen LogP contribution in [0.15, 0.2) is 0 Å². The first-order chi connectivity index (χ1) is 8.40. The number of alkyl halides is 1. The molecule has 0 spiro atoms. The summed E-state index contributed by atoms with van der Waals surface area (Å²) in [4.78, 5) is 0. The first-order valence-corrected chi connectivity index (χ1v) is 7.66. The molecular weight excluding hydrogens is 248 g/mol. The van der Waals surface area contributed by atoms with E-state index in [4.69, 9.17) is 21.1 Å². The lowest BCUT2D eigenvalue weighted by Crippen LogP contribution is -2.53. The van der Waals surface area contributed by atoms with E-state index >= 15 is 0 Å². The fourth-order valence-electron chi connectivity index (χ4n) is 4.51. The van der Waals surface area contributed by atoms with Crippen LogP contribution < -0.4 is 0 Å². The topological polar surface area (TPSA) is 18.5 Å². The molecule has 2 nitrogen and oxygen atoms in total. The van der Waals surface area contributed by atoms with Crippen LogP contribution >= 0.6 is 11.6 Å². The Morgan fingerprint density at radius 2 is 1.89 bits per heavy atom. The van der Waals surface area contributed by atoms with Crippen molar-refractivity contribution in [3.8, 4) is 0 Å². The molecule has 0 aromatic rings.